The number of anilines is 2. The van der Waals surface area contributed by atoms with Crippen molar-refractivity contribution >= 4 is 22.7 Å². The lowest BCUT2D eigenvalue weighted by molar-refractivity contribution is 0.505. The smallest absolute Gasteiger partial charge is 0.222 e. The van der Waals surface area contributed by atoms with Gasteiger partial charge in [-0.2, -0.15) is 4.98 Å². The second kappa shape index (κ2) is 2.97. The van der Waals surface area contributed by atoms with E-state index in [1.807, 2.05) is 0 Å². The number of fused-ring (bicyclic) bond motifs is 1. The second-order valence-electron chi connectivity index (χ2n) is 2.84. The molecule has 7 heteroatoms. The van der Waals surface area contributed by atoms with Crippen molar-refractivity contribution in [1.82, 2.24) is 9.97 Å². The van der Waals surface area contributed by atoms with E-state index in [-0.39, 0.29) is 5.95 Å². The summed E-state index contributed by atoms with van der Waals surface area (Å²) in [6, 6.07) is 0.379. The molecule has 4 N–H and O–H groups in total. The fourth-order valence-corrected chi connectivity index (χ4v) is 1.25. The van der Waals surface area contributed by atoms with Crippen LogP contribution in [-0.4, -0.2) is 9.97 Å². The molecule has 0 bridgehead atoms. The molecule has 0 saturated carbocycles. The zero-order valence-electron chi connectivity index (χ0n) is 7.26. The molecule has 0 amide bonds. The third kappa shape index (κ3) is 1.32. The van der Waals surface area contributed by atoms with Crippen molar-refractivity contribution in [2.45, 2.75) is 0 Å². The molecule has 0 aliphatic carbocycles. The molecule has 78 valence electrons. The van der Waals surface area contributed by atoms with Crippen LogP contribution in [0.1, 0.15) is 0 Å². The Morgan fingerprint density at radius 3 is 2.33 bits per heavy atom. The number of nitrogen functional groups attached to an aromatic ring is 2. The van der Waals surface area contributed by atoms with Crippen LogP contribution in [-0.2, 0) is 0 Å². The summed E-state index contributed by atoms with van der Waals surface area (Å²) < 4.78 is 39.2. The van der Waals surface area contributed by atoms with Crippen LogP contribution in [0.15, 0.2) is 6.07 Å². The van der Waals surface area contributed by atoms with Crippen LogP contribution in [0.3, 0.4) is 0 Å². The maximum absolute atomic E-state index is 13.2. The molecule has 0 fully saturated rings. The number of hydrogen-bond donors (Lipinski definition) is 2. The molecule has 15 heavy (non-hydrogen) atoms. The lowest BCUT2D eigenvalue weighted by Crippen LogP contribution is -2.04. The van der Waals surface area contributed by atoms with Crippen molar-refractivity contribution in [3.63, 3.8) is 0 Å². The highest BCUT2D eigenvalue weighted by Crippen LogP contribution is 2.26. The molecule has 0 radical (unpaired) electrons. The largest absolute Gasteiger partial charge is 0.383 e. The first kappa shape index (κ1) is 9.50. The van der Waals surface area contributed by atoms with Crippen molar-refractivity contribution in [2.75, 3.05) is 11.5 Å². The molecule has 0 saturated heterocycles. The summed E-state index contributed by atoms with van der Waals surface area (Å²) in [6.45, 7) is 0. The van der Waals surface area contributed by atoms with E-state index >= 15 is 0 Å². The number of hydrogen-bond acceptors (Lipinski definition) is 4. The number of nitrogens with two attached hydrogens (primary N) is 2. The number of halogens is 3. The average molecular weight is 214 g/mol. The number of benzene rings is 1. The van der Waals surface area contributed by atoms with E-state index in [2.05, 4.69) is 9.97 Å². The highest BCUT2D eigenvalue weighted by molar-refractivity contribution is 5.89. The Kier molecular flexibility index (Phi) is 1.88. The molecule has 4 nitrogen and oxygen atoms in total. The number of rotatable bonds is 0. The third-order valence-electron chi connectivity index (χ3n) is 1.86. The quantitative estimate of drug-likeness (QED) is 0.646. The fourth-order valence-electron chi connectivity index (χ4n) is 1.25. The molecule has 1 aromatic heterocycles. The molecule has 0 aliphatic rings. The topological polar surface area (TPSA) is 77.8 Å². The van der Waals surface area contributed by atoms with Crippen LogP contribution in [0.25, 0.3) is 10.9 Å². The van der Waals surface area contributed by atoms with Gasteiger partial charge in [-0.3, -0.25) is 0 Å². The fraction of sp³-hybridized carbons (Fsp3) is 0. The van der Waals surface area contributed by atoms with E-state index in [1.165, 1.54) is 0 Å². The Hall–Kier alpha value is -2.05. The van der Waals surface area contributed by atoms with Crippen LogP contribution in [0.5, 0.6) is 0 Å². The Morgan fingerprint density at radius 2 is 1.67 bits per heavy atom. The van der Waals surface area contributed by atoms with Crippen LogP contribution in [0.4, 0.5) is 24.9 Å². The molecule has 1 heterocycles. The molecule has 0 spiro atoms. The van der Waals surface area contributed by atoms with Gasteiger partial charge in [-0.15, -0.1) is 0 Å². The molecule has 0 unspecified atom stereocenters. The zero-order chi connectivity index (χ0) is 11.2. The maximum Gasteiger partial charge on any atom is 0.222 e. The molecular formula is C8H5F3N4. The molecule has 0 aliphatic heterocycles. The summed E-state index contributed by atoms with van der Waals surface area (Å²) in [7, 11) is 0. The number of nitrogens with zero attached hydrogens (tertiary/aromatic N) is 2. The van der Waals surface area contributed by atoms with Gasteiger partial charge in [-0.25, -0.2) is 18.2 Å². The van der Waals surface area contributed by atoms with E-state index in [4.69, 9.17) is 11.5 Å². The highest BCUT2D eigenvalue weighted by atomic mass is 19.2. The summed E-state index contributed by atoms with van der Waals surface area (Å²) in [5.74, 6) is -4.37. The van der Waals surface area contributed by atoms with E-state index in [0.29, 0.717) is 6.07 Å². The van der Waals surface area contributed by atoms with Crippen molar-refractivity contribution in [1.29, 1.82) is 0 Å². The minimum Gasteiger partial charge on any atom is -0.383 e. The Labute approximate surface area is 81.7 Å². The van der Waals surface area contributed by atoms with Gasteiger partial charge in [0, 0.05) is 6.07 Å². The SMILES string of the molecule is Nc1nc(N)c2c(F)c(F)cc(F)c2n1. The standard InChI is InChI=1S/C8H5F3N4/c9-2-1-3(10)6-4(5(2)11)7(12)15-8(13)14-6/h1H,(H4,12,13,14,15). The second-order valence-corrected chi connectivity index (χ2v) is 2.84. The van der Waals surface area contributed by atoms with E-state index in [9.17, 15) is 13.2 Å². The third-order valence-corrected chi connectivity index (χ3v) is 1.86. The van der Waals surface area contributed by atoms with Gasteiger partial charge in [0.05, 0.1) is 5.39 Å². The van der Waals surface area contributed by atoms with Gasteiger partial charge in [-0.05, 0) is 0 Å². The predicted molar refractivity (Wildman–Crippen MR) is 48.2 cm³/mol. The summed E-state index contributed by atoms with van der Waals surface area (Å²) in [6.07, 6.45) is 0. The van der Waals surface area contributed by atoms with Crippen LogP contribution >= 0.6 is 0 Å². The van der Waals surface area contributed by atoms with Crippen LogP contribution in [0.2, 0.25) is 0 Å². The van der Waals surface area contributed by atoms with E-state index in [1.54, 1.807) is 0 Å². The average Bonchev–Trinajstić information content (AvgIpc) is 2.13. The van der Waals surface area contributed by atoms with Crippen LogP contribution < -0.4 is 11.5 Å². The normalized spacial score (nSPS) is 10.9. The number of aromatic nitrogens is 2. The highest BCUT2D eigenvalue weighted by Gasteiger charge is 2.17. The van der Waals surface area contributed by atoms with Gasteiger partial charge in [0.1, 0.15) is 11.3 Å². The Morgan fingerprint density at radius 1 is 1.00 bits per heavy atom. The predicted octanol–water partition coefficient (Wildman–Crippen LogP) is 1.21. The summed E-state index contributed by atoms with van der Waals surface area (Å²) in [5, 5.41) is -0.498. The minimum absolute atomic E-state index is 0.301. The lowest BCUT2D eigenvalue weighted by Gasteiger charge is -2.04. The Balaban J connectivity index is 3.03. The van der Waals surface area contributed by atoms with E-state index in [0.717, 1.165) is 0 Å². The molecule has 1 aromatic carbocycles. The molecular weight excluding hydrogens is 209 g/mol. The Bertz CT molecular complexity index is 555. The summed E-state index contributed by atoms with van der Waals surface area (Å²) >= 11 is 0. The van der Waals surface area contributed by atoms with Gasteiger partial charge in [-0.1, -0.05) is 0 Å². The first-order chi connectivity index (χ1) is 7.00. The van der Waals surface area contributed by atoms with Gasteiger partial charge in [0.15, 0.2) is 17.5 Å². The van der Waals surface area contributed by atoms with Gasteiger partial charge in [0.2, 0.25) is 5.95 Å². The van der Waals surface area contributed by atoms with Crippen molar-refractivity contribution < 1.29 is 13.2 Å². The first-order valence-electron chi connectivity index (χ1n) is 3.87. The molecule has 2 rings (SSSR count). The zero-order valence-corrected chi connectivity index (χ0v) is 7.26. The summed E-state index contributed by atoms with van der Waals surface area (Å²) in [4.78, 5) is 6.86. The van der Waals surface area contributed by atoms with Crippen molar-refractivity contribution in [2.24, 2.45) is 0 Å². The minimum atomic E-state index is -1.35. The monoisotopic (exact) mass is 214 g/mol. The van der Waals surface area contributed by atoms with E-state index < -0.39 is 34.2 Å². The van der Waals surface area contributed by atoms with Gasteiger partial charge < -0.3 is 11.5 Å². The van der Waals surface area contributed by atoms with Gasteiger partial charge in [0.25, 0.3) is 0 Å². The maximum atomic E-state index is 13.2. The summed E-state index contributed by atoms with van der Waals surface area (Å²) in [5.41, 5.74) is 10.1. The molecule has 2 aromatic rings. The van der Waals surface area contributed by atoms with Crippen LogP contribution in [0, 0.1) is 17.5 Å². The van der Waals surface area contributed by atoms with Gasteiger partial charge >= 0.3 is 0 Å². The lowest BCUT2D eigenvalue weighted by atomic mass is 10.2. The van der Waals surface area contributed by atoms with Crippen molar-refractivity contribution in [3.8, 4) is 0 Å². The van der Waals surface area contributed by atoms with Crippen molar-refractivity contribution in [3.05, 3.63) is 23.5 Å². The molecule has 0 atom stereocenters. The first-order valence-corrected chi connectivity index (χ1v) is 3.87.